The summed E-state index contributed by atoms with van der Waals surface area (Å²) in [5, 5.41) is 0. The van der Waals surface area contributed by atoms with Gasteiger partial charge < -0.3 is 32.7 Å². The monoisotopic (exact) mass is 640 g/mol. The molecule has 0 N–H and O–H groups in total. The van der Waals surface area contributed by atoms with Crippen LogP contribution in [0.5, 0.6) is 0 Å². The number of anilines is 2. The molecule has 2 aliphatic heterocycles. The van der Waals surface area contributed by atoms with Crippen LogP contribution in [0.25, 0.3) is 0 Å². The third-order valence-corrected chi connectivity index (χ3v) is 14.8. The number of morpholine rings is 1. The topological polar surface area (TPSA) is 96.0 Å². The Kier molecular flexibility index (Phi) is 13.7. The summed E-state index contributed by atoms with van der Waals surface area (Å²) in [7, 11) is -3.73. The lowest BCUT2D eigenvalue weighted by molar-refractivity contribution is -0.140. The molecule has 0 spiro atoms. The van der Waals surface area contributed by atoms with Gasteiger partial charge in [0.15, 0.2) is 16.6 Å². The van der Waals surface area contributed by atoms with Gasteiger partial charge >= 0.3 is 12.1 Å². The first-order chi connectivity index (χ1) is 20.4. The van der Waals surface area contributed by atoms with Gasteiger partial charge in [0.05, 0.1) is 44.3 Å². The van der Waals surface area contributed by atoms with Gasteiger partial charge in [-0.15, -0.1) is 0 Å². The maximum Gasteiger partial charge on any atom is 0.414 e. The minimum atomic E-state index is -1.88. The number of esters is 1. The summed E-state index contributed by atoms with van der Waals surface area (Å²) in [5.74, 6) is -0.754. The molecule has 2 heterocycles. The molecule has 2 saturated heterocycles. The summed E-state index contributed by atoms with van der Waals surface area (Å²) in [6, 6.07) is 6.83. The van der Waals surface area contributed by atoms with Gasteiger partial charge in [-0.05, 0) is 76.2 Å². The standard InChI is InChI=1S/C30H49FN2O8Si2/c1-24(2)29(34)39-18-17-36-13-7-19-42(3,4)41-43(5,6)20-8-14-38-23-26-22-33(30(35)40-26)25-9-10-28(27(31)21-25)32-11-15-37-16-12-32/h9-10,21,26H,1,7-8,11-20,22-23H2,2-6H3. The lowest BCUT2D eigenvalue weighted by Crippen LogP contribution is -2.44. The molecular formula is C30H49FN2O8Si2. The molecule has 2 fully saturated rings. The average molecular weight is 641 g/mol. The number of hydrogen-bond acceptors (Lipinski definition) is 9. The van der Waals surface area contributed by atoms with Crippen LogP contribution in [-0.2, 0) is 32.6 Å². The maximum atomic E-state index is 14.8. The highest BCUT2D eigenvalue weighted by Crippen LogP contribution is 2.29. The van der Waals surface area contributed by atoms with Gasteiger partial charge in [-0.3, -0.25) is 4.90 Å². The molecule has 2 aliphatic rings. The van der Waals surface area contributed by atoms with E-state index in [0.29, 0.717) is 76.2 Å². The smallest absolute Gasteiger partial charge is 0.414 e. The number of nitrogens with zero attached hydrogens (tertiary/aromatic N) is 2. The van der Waals surface area contributed by atoms with Crippen molar-refractivity contribution in [1.82, 2.24) is 0 Å². The first-order valence-electron chi connectivity index (χ1n) is 15.2. The zero-order valence-corrected chi connectivity index (χ0v) is 28.5. The molecule has 0 aliphatic carbocycles. The van der Waals surface area contributed by atoms with Crippen molar-refractivity contribution in [3.8, 4) is 0 Å². The van der Waals surface area contributed by atoms with Gasteiger partial charge in [-0.2, -0.15) is 0 Å². The lowest BCUT2D eigenvalue weighted by Gasteiger charge is -2.34. The second kappa shape index (κ2) is 16.7. The van der Waals surface area contributed by atoms with Crippen LogP contribution in [0, 0.1) is 5.82 Å². The Morgan fingerprint density at radius 2 is 1.67 bits per heavy atom. The molecule has 0 saturated carbocycles. The van der Waals surface area contributed by atoms with Crippen molar-refractivity contribution in [2.75, 3.05) is 75.7 Å². The number of halogens is 1. The van der Waals surface area contributed by atoms with Crippen LogP contribution in [0.4, 0.5) is 20.6 Å². The molecule has 1 atom stereocenters. The van der Waals surface area contributed by atoms with Gasteiger partial charge in [-0.1, -0.05) is 6.58 Å². The minimum Gasteiger partial charge on any atom is -0.460 e. The van der Waals surface area contributed by atoms with Gasteiger partial charge in [0, 0.05) is 31.9 Å². The van der Waals surface area contributed by atoms with Crippen LogP contribution in [0.3, 0.4) is 0 Å². The van der Waals surface area contributed by atoms with E-state index >= 15 is 0 Å². The molecule has 3 rings (SSSR count). The highest BCUT2D eigenvalue weighted by molar-refractivity contribution is 6.84. The Balaban J connectivity index is 1.30. The minimum absolute atomic E-state index is 0.232. The van der Waals surface area contributed by atoms with Crippen LogP contribution in [0.15, 0.2) is 30.4 Å². The Hall–Kier alpha value is -2.30. The van der Waals surface area contributed by atoms with Crippen LogP contribution in [-0.4, -0.2) is 101 Å². The number of rotatable bonds is 18. The fourth-order valence-corrected chi connectivity index (χ4v) is 14.0. The van der Waals surface area contributed by atoms with E-state index in [9.17, 15) is 14.0 Å². The highest BCUT2D eigenvalue weighted by atomic mass is 28.4. The fourth-order valence-electron chi connectivity index (χ4n) is 5.23. The third kappa shape index (κ3) is 12.0. The predicted molar refractivity (Wildman–Crippen MR) is 169 cm³/mol. The van der Waals surface area contributed by atoms with Crippen molar-refractivity contribution < 1.29 is 41.8 Å². The summed E-state index contributed by atoms with van der Waals surface area (Å²) >= 11 is 0. The molecule has 10 nitrogen and oxygen atoms in total. The first kappa shape index (κ1) is 35.2. The van der Waals surface area contributed by atoms with E-state index in [2.05, 4.69) is 32.8 Å². The zero-order valence-electron chi connectivity index (χ0n) is 26.5. The number of carbonyl (C=O) groups is 2. The molecule has 1 unspecified atom stereocenters. The van der Waals surface area contributed by atoms with Crippen molar-refractivity contribution in [2.24, 2.45) is 0 Å². The predicted octanol–water partition coefficient (Wildman–Crippen LogP) is 5.35. The van der Waals surface area contributed by atoms with E-state index in [1.807, 2.05) is 4.90 Å². The van der Waals surface area contributed by atoms with Crippen molar-refractivity contribution in [3.63, 3.8) is 0 Å². The Labute approximate surface area is 257 Å². The average Bonchev–Trinajstić information content (AvgIpc) is 3.31. The third-order valence-electron chi connectivity index (χ3n) is 7.27. The number of carbonyl (C=O) groups excluding carboxylic acids is 2. The molecule has 0 bridgehead atoms. The highest BCUT2D eigenvalue weighted by Gasteiger charge is 2.34. The number of hydrogen-bond donors (Lipinski definition) is 0. The van der Waals surface area contributed by atoms with Gasteiger partial charge in [0.25, 0.3) is 0 Å². The van der Waals surface area contributed by atoms with Crippen molar-refractivity contribution in [3.05, 3.63) is 36.2 Å². The summed E-state index contributed by atoms with van der Waals surface area (Å²) < 4.78 is 48.9. The number of ether oxygens (including phenoxy) is 5. The summed E-state index contributed by atoms with van der Waals surface area (Å²) in [5.41, 5.74) is 1.38. The second-order valence-corrected chi connectivity index (χ2v) is 21.1. The largest absolute Gasteiger partial charge is 0.460 e. The van der Waals surface area contributed by atoms with Crippen molar-refractivity contribution >= 4 is 40.1 Å². The van der Waals surface area contributed by atoms with Crippen LogP contribution < -0.4 is 9.80 Å². The van der Waals surface area contributed by atoms with Gasteiger partial charge in [0.1, 0.15) is 18.5 Å². The number of benzene rings is 1. The molecule has 43 heavy (non-hydrogen) atoms. The summed E-state index contributed by atoms with van der Waals surface area (Å²) in [6.07, 6.45) is 0.887. The molecule has 1 aromatic rings. The first-order valence-corrected chi connectivity index (χ1v) is 21.4. The van der Waals surface area contributed by atoms with E-state index in [1.165, 1.54) is 11.0 Å². The van der Waals surface area contributed by atoms with Gasteiger partial charge in [-0.25, -0.2) is 14.0 Å². The second-order valence-electron chi connectivity index (χ2n) is 12.3. The summed E-state index contributed by atoms with van der Waals surface area (Å²) in [4.78, 5) is 27.3. The number of cyclic esters (lactones) is 1. The van der Waals surface area contributed by atoms with Crippen LogP contribution in [0.1, 0.15) is 19.8 Å². The Morgan fingerprint density at radius 1 is 1.02 bits per heavy atom. The number of amides is 1. The summed E-state index contributed by atoms with van der Waals surface area (Å²) in [6.45, 7) is 19.0. The fraction of sp³-hybridized carbons (Fsp3) is 0.667. The van der Waals surface area contributed by atoms with E-state index in [0.717, 1.165) is 24.9 Å². The Morgan fingerprint density at radius 3 is 2.30 bits per heavy atom. The van der Waals surface area contributed by atoms with E-state index in [1.54, 1.807) is 19.1 Å². The molecule has 13 heteroatoms. The van der Waals surface area contributed by atoms with E-state index in [-0.39, 0.29) is 12.4 Å². The zero-order chi connectivity index (χ0) is 31.5. The quantitative estimate of drug-likeness (QED) is 0.0911. The van der Waals surface area contributed by atoms with E-state index < -0.39 is 34.8 Å². The molecule has 242 valence electrons. The molecular weight excluding hydrogens is 592 g/mol. The molecule has 0 radical (unpaired) electrons. The van der Waals surface area contributed by atoms with Crippen LogP contribution >= 0.6 is 0 Å². The van der Waals surface area contributed by atoms with Crippen molar-refractivity contribution in [2.45, 2.75) is 64.1 Å². The van der Waals surface area contributed by atoms with E-state index in [4.69, 9.17) is 27.8 Å². The molecule has 1 aromatic carbocycles. The Bertz CT molecular complexity index is 1080. The van der Waals surface area contributed by atoms with Gasteiger partial charge in [0.2, 0.25) is 0 Å². The van der Waals surface area contributed by atoms with Crippen molar-refractivity contribution in [1.29, 1.82) is 0 Å². The van der Waals surface area contributed by atoms with Crippen LogP contribution in [0.2, 0.25) is 38.3 Å². The molecule has 1 amide bonds. The normalized spacial score (nSPS) is 17.7. The SMILES string of the molecule is C=C(C)C(=O)OCCOCCC[Si](C)(C)O[Si](C)(C)CCCOCC1CN(c2ccc(N3CCOCC3)c(F)c2)C(=O)O1. The maximum absolute atomic E-state index is 14.8. The lowest BCUT2D eigenvalue weighted by atomic mass is 10.2. The molecule has 0 aromatic heterocycles.